The molecule has 1 aliphatic heterocycles. The number of aryl methyl sites for hydroxylation is 1. The lowest BCUT2D eigenvalue weighted by Crippen LogP contribution is -2.30. The Morgan fingerprint density at radius 3 is 3.15 bits per heavy atom. The molecule has 1 atom stereocenters. The van der Waals surface area contributed by atoms with E-state index in [1.54, 1.807) is 18.4 Å². The number of rotatable bonds is 3. The molecule has 106 valence electrons. The van der Waals surface area contributed by atoms with E-state index in [0.717, 1.165) is 36.6 Å². The first-order valence-corrected chi connectivity index (χ1v) is 7.89. The van der Waals surface area contributed by atoms with Crippen molar-refractivity contribution in [1.82, 2.24) is 10.3 Å². The van der Waals surface area contributed by atoms with Gasteiger partial charge in [-0.05, 0) is 24.5 Å². The molecule has 0 saturated carbocycles. The van der Waals surface area contributed by atoms with Crippen LogP contribution in [-0.2, 0) is 11.2 Å². The highest BCUT2D eigenvalue weighted by Crippen LogP contribution is 2.33. The molecular weight excluding hydrogens is 270 g/mol. The summed E-state index contributed by atoms with van der Waals surface area (Å²) in [7, 11) is 1.70. The largest absolute Gasteiger partial charge is 0.359 e. The summed E-state index contributed by atoms with van der Waals surface area (Å²) in [5.41, 5.74) is 2.42. The van der Waals surface area contributed by atoms with E-state index in [2.05, 4.69) is 35.3 Å². The number of nitrogens with zero attached hydrogens (tertiary/aromatic N) is 2. The van der Waals surface area contributed by atoms with E-state index in [1.165, 1.54) is 10.3 Å². The number of benzene rings is 1. The number of fused-ring (bicyclic) bond motifs is 1. The van der Waals surface area contributed by atoms with Gasteiger partial charge in [-0.25, -0.2) is 4.98 Å². The predicted molar refractivity (Wildman–Crippen MR) is 83.4 cm³/mol. The number of hydrogen-bond acceptors (Lipinski definition) is 4. The third-order valence-corrected chi connectivity index (χ3v) is 5.03. The van der Waals surface area contributed by atoms with Gasteiger partial charge in [0, 0.05) is 20.1 Å². The summed E-state index contributed by atoms with van der Waals surface area (Å²) < 4.78 is 1.24. The standard InChI is InChI=1S/C15H19N3OS/c1-3-10-5-4-6-12-13(10)17-15(20-12)18-8-7-11(9-18)14(19)16-2/h4-6,11H,3,7-9H2,1-2H3,(H,16,19). The molecule has 3 rings (SSSR count). The van der Waals surface area contributed by atoms with Crippen molar-refractivity contribution in [2.24, 2.45) is 5.92 Å². The van der Waals surface area contributed by atoms with Crippen molar-refractivity contribution in [2.45, 2.75) is 19.8 Å². The monoisotopic (exact) mass is 289 g/mol. The smallest absolute Gasteiger partial charge is 0.224 e. The van der Waals surface area contributed by atoms with Crippen molar-refractivity contribution >= 4 is 32.6 Å². The van der Waals surface area contributed by atoms with E-state index in [4.69, 9.17) is 4.98 Å². The molecule has 1 aromatic heterocycles. The van der Waals surface area contributed by atoms with Crippen LogP contribution < -0.4 is 10.2 Å². The van der Waals surface area contributed by atoms with E-state index in [9.17, 15) is 4.79 Å². The third kappa shape index (κ3) is 2.26. The Kier molecular flexibility index (Phi) is 3.61. The minimum atomic E-state index is 0.0951. The second-order valence-corrected chi connectivity index (χ2v) is 6.17. The molecule has 1 N–H and O–H groups in total. The van der Waals surface area contributed by atoms with Gasteiger partial charge in [0.2, 0.25) is 5.91 Å². The van der Waals surface area contributed by atoms with Crippen LogP contribution in [-0.4, -0.2) is 31.0 Å². The maximum absolute atomic E-state index is 11.7. The lowest BCUT2D eigenvalue weighted by Gasteiger charge is -2.14. The number of hydrogen-bond donors (Lipinski definition) is 1. The van der Waals surface area contributed by atoms with Gasteiger partial charge in [0.05, 0.1) is 16.1 Å². The first-order chi connectivity index (χ1) is 9.72. The molecule has 5 heteroatoms. The Hall–Kier alpha value is -1.62. The third-order valence-electron chi connectivity index (χ3n) is 3.95. The molecule has 20 heavy (non-hydrogen) atoms. The molecule has 4 nitrogen and oxygen atoms in total. The minimum absolute atomic E-state index is 0.0951. The molecule has 2 aromatic rings. The average Bonchev–Trinajstić information content (AvgIpc) is 3.11. The molecule has 0 spiro atoms. The average molecular weight is 289 g/mol. The fraction of sp³-hybridized carbons (Fsp3) is 0.467. The molecule has 0 radical (unpaired) electrons. The Labute approximate surface area is 122 Å². The van der Waals surface area contributed by atoms with Gasteiger partial charge >= 0.3 is 0 Å². The highest BCUT2D eigenvalue weighted by atomic mass is 32.1. The molecule has 0 aliphatic carbocycles. The molecule has 1 fully saturated rings. The van der Waals surface area contributed by atoms with Crippen LogP contribution in [0.2, 0.25) is 0 Å². The summed E-state index contributed by atoms with van der Waals surface area (Å²) in [6, 6.07) is 6.37. The first kappa shape index (κ1) is 13.4. The van der Waals surface area contributed by atoms with Crippen LogP contribution in [0.3, 0.4) is 0 Å². The van der Waals surface area contributed by atoms with Crippen molar-refractivity contribution in [1.29, 1.82) is 0 Å². The Bertz CT molecular complexity index is 637. The summed E-state index contributed by atoms with van der Waals surface area (Å²) in [6.07, 6.45) is 1.91. The number of thiazole rings is 1. The number of anilines is 1. The van der Waals surface area contributed by atoms with Crippen molar-refractivity contribution in [3.05, 3.63) is 23.8 Å². The van der Waals surface area contributed by atoms with E-state index in [0.29, 0.717) is 0 Å². The molecule has 0 bridgehead atoms. The quantitative estimate of drug-likeness (QED) is 0.944. The summed E-state index contributed by atoms with van der Waals surface area (Å²) >= 11 is 1.73. The van der Waals surface area contributed by atoms with Crippen molar-refractivity contribution in [3.63, 3.8) is 0 Å². The summed E-state index contributed by atoms with van der Waals surface area (Å²) in [5, 5.41) is 3.79. The van der Waals surface area contributed by atoms with E-state index in [-0.39, 0.29) is 11.8 Å². The minimum Gasteiger partial charge on any atom is -0.359 e. The van der Waals surface area contributed by atoms with Crippen molar-refractivity contribution in [2.75, 3.05) is 25.0 Å². The molecular formula is C15H19N3OS. The maximum atomic E-state index is 11.7. The first-order valence-electron chi connectivity index (χ1n) is 7.08. The van der Waals surface area contributed by atoms with Crippen LogP contribution in [0.1, 0.15) is 18.9 Å². The Morgan fingerprint density at radius 2 is 2.40 bits per heavy atom. The van der Waals surface area contributed by atoms with Crippen LogP contribution in [0.5, 0.6) is 0 Å². The normalized spacial score (nSPS) is 18.7. The van der Waals surface area contributed by atoms with Gasteiger partial charge in [-0.3, -0.25) is 4.79 Å². The number of carbonyl (C=O) groups is 1. The summed E-state index contributed by atoms with van der Waals surface area (Å²) in [6.45, 7) is 3.85. The van der Waals surface area contributed by atoms with E-state index >= 15 is 0 Å². The fourth-order valence-corrected chi connectivity index (χ4v) is 3.82. The van der Waals surface area contributed by atoms with Crippen molar-refractivity contribution in [3.8, 4) is 0 Å². The topological polar surface area (TPSA) is 45.2 Å². The summed E-state index contributed by atoms with van der Waals surface area (Å²) in [4.78, 5) is 18.7. The van der Waals surface area contributed by atoms with Crippen molar-refractivity contribution < 1.29 is 4.79 Å². The Balaban J connectivity index is 1.87. The SMILES string of the molecule is CCc1cccc2sc(N3CCC(C(=O)NC)C3)nc12. The van der Waals surface area contributed by atoms with Gasteiger partial charge < -0.3 is 10.2 Å². The maximum Gasteiger partial charge on any atom is 0.224 e. The van der Waals surface area contributed by atoms with E-state index < -0.39 is 0 Å². The van der Waals surface area contributed by atoms with Gasteiger partial charge in [0.15, 0.2) is 5.13 Å². The molecule has 1 unspecified atom stereocenters. The molecule has 1 aromatic carbocycles. The second-order valence-electron chi connectivity index (χ2n) is 5.16. The number of nitrogens with one attached hydrogen (secondary N) is 1. The predicted octanol–water partition coefficient (Wildman–Crippen LogP) is 2.43. The number of aromatic nitrogens is 1. The molecule has 2 heterocycles. The molecule has 1 amide bonds. The molecule has 1 saturated heterocycles. The van der Waals surface area contributed by atoms with E-state index in [1.807, 2.05) is 0 Å². The number of amides is 1. The van der Waals surface area contributed by atoms with Gasteiger partial charge in [-0.1, -0.05) is 30.4 Å². The van der Waals surface area contributed by atoms with Crippen LogP contribution in [0, 0.1) is 5.92 Å². The van der Waals surface area contributed by atoms with Crippen LogP contribution in [0.4, 0.5) is 5.13 Å². The lowest BCUT2D eigenvalue weighted by molar-refractivity contribution is -0.123. The number of carbonyl (C=O) groups excluding carboxylic acids is 1. The zero-order valence-electron chi connectivity index (χ0n) is 11.8. The number of para-hydroxylation sites is 1. The van der Waals surface area contributed by atoms with Gasteiger partial charge in [0.1, 0.15) is 0 Å². The highest BCUT2D eigenvalue weighted by molar-refractivity contribution is 7.22. The summed E-state index contributed by atoms with van der Waals surface area (Å²) in [5.74, 6) is 0.237. The lowest BCUT2D eigenvalue weighted by atomic mass is 10.1. The fourth-order valence-electron chi connectivity index (χ4n) is 2.77. The highest BCUT2D eigenvalue weighted by Gasteiger charge is 2.29. The van der Waals surface area contributed by atoms with Gasteiger partial charge in [-0.15, -0.1) is 0 Å². The zero-order valence-corrected chi connectivity index (χ0v) is 12.7. The van der Waals surface area contributed by atoms with Gasteiger partial charge in [0.25, 0.3) is 0 Å². The zero-order chi connectivity index (χ0) is 14.1. The van der Waals surface area contributed by atoms with Gasteiger partial charge in [-0.2, -0.15) is 0 Å². The Morgan fingerprint density at radius 1 is 1.55 bits per heavy atom. The molecule has 1 aliphatic rings. The van der Waals surface area contributed by atoms with Crippen LogP contribution in [0.25, 0.3) is 10.2 Å². The van der Waals surface area contributed by atoms with Crippen LogP contribution >= 0.6 is 11.3 Å². The van der Waals surface area contributed by atoms with Crippen LogP contribution in [0.15, 0.2) is 18.2 Å². The second kappa shape index (κ2) is 5.40.